The van der Waals surface area contributed by atoms with Gasteiger partial charge in [0.25, 0.3) is 0 Å². The average Bonchev–Trinajstić information content (AvgIpc) is 3.41. The van der Waals surface area contributed by atoms with Gasteiger partial charge >= 0.3 is 0 Å². The third-order valence-electron chi connectivity index (χ3n) is 6.02. The van der Waals surface area contributed by atoms with Crippen LogP contribution in [0.25, 0.3) is 38.9 Å². The second kappa shape index (κ2) is 7.79. The van der Waals surface area contributed by atoms with E-state index in [9.17, 15) is 19.3 Å². The minimum Gasteiger partial charge on any atom is -0.243 e. The molecule has 0 saturated carbocycles. The molecule has 0 atom stereocenters. The number of halogens is 4. The first-order valence-corrected chi connectivity index (χ1v) is 11.3. The number of fused-ring (bicyclic) bond motifs is 5. The first-order valence-electron chi connectivity index (χ1n) is 10.5. The Balaban J connectivity index is 2.09. The molecule has 0 radical (unpaired) electrons. The molecule has 0 aliphatic heterocycles. The van der Waals surface area contributed by atoms with Crippen LogP contribution >= 0.6 is 11.7 Å². The molecule has 35 heavy (non-hydrogen) atoms. The third kappa shape index (κ3) is 2.91. The maximum absolute atomic E-state index is 15.1. The number of hydrogen-bond donors (Lipinski definition) is 0. The van der Waals surface area contributed by atoms with Gasteiger partial charge in [0, 0.05) is 22.3 Å². The molecule has 0 N–H and O–H groups in total. The Morgan fingerprint density at radius 1 is 0.686 bits per heavy atom. The topological polar surface area (TPSA) is 99.1 Å². The molecule has 0 unspecified atom stereocenters. The summed E-state index contributed by atoms with van der Waals surface area (Å²) in [5.41, 5.74) is 0.242. The number of allylic oxidation sites excluding steroid dienone is 1. The molecular formula is C24H14F4N6S. The molecule has 0 bridgehead atoms. The van der Waals surface area contributed by atoms with Gasteiger partial charge in [-0.25, -0.2) is 27.5 Å². The zero-order chi connectivity index (χ0) is 25.3. The lowest BCUT2D eigenvalue weighted by Crippen LogP contribution is -2.05. The molecule has 0 amide bonds. The molecular weight excluding hydrogens is 480 g/mol. The quantitative estimate of drug-likeness (QED) is 0.124. The Hall–Kier alpha value is -3.96. The summed E-state index contributed by atoms with van der Waals surface area (Å²) in [6, 6.07) is 3.24. The maximum Gasteiger partial charge on any atom is 0.198 e. The smallest absolute Gasteiger partial charge is 0.198 e. The highest BCUT2D eigenvalue weighted by Crippen LogP contribution is 2.49. The fourth-order valence-electron chi connectivity index (χ4n) is 4.61. The molecule has 6 nitrogen and oxygen atoms in total. The highest BCUT2D eigenvalue weighted by atomic mass is 32.1. The summed E-state index contributed by atoms with van der Waals surface area (Å²) in [6.07, 6.45) is 0. The van der Waals surface area contributed by atoms with Crippen LogP contribution in [0.1, 0.15) is 61.9 Å². The van der Waals surface area contributed by atoms with Crippen molar-refractivity contribution in [3.05, 3.63) is 51.2 Å². The molecule has 11 heteroatoms. The molecule has 0 spiro atoms. The Bertz CT molecular complexity index is 1710. The Labute approximate surface area is 200 Å². The number of nitriles is 2. The molecule has 0 fully saturated rings. The van der Waals surface area contributed by atoms with E-state index in [1.165, 1.54) is 0 Å². The predicted molar refractivity (Wildman–Crippen MR) is 121 cm³/mol. The van der Waals surface area contributed by atoms with Crippen LogP contribution in [0.4, 0.5) is 17.6 Å². The second-order valence-electron chi connectivity index (χ2n) is 8.70. The maximum atomic E-state index is 15.1. The van der Waals surface area contributed by atoms with Crippen LogP contribution in [0.5, 0.6) is 0 Å². The van der Waals surface area contributed by atoms with Gasteiger partial charge in [-0.05, 0) is 11.8 Å². The van der Waals surface area contributed by atoms with Crippen LogP contribution in [0.15, 0.2) is 5.57 Å². The third-order valence-corrected chi connectivity index (χ3v) is 6.55. The number of rotatable bonds is 2. The lowest BCUT2D eigenvalue weighted by atomic mass is 9.92. The van der Waals surface area contributed by atoms with Gasteiger partial charge in [0.05, 0.1) is 28.3 Å². The van der Waals surface area contributed by atoms with E-state index in [4.69, 9.17) is 0 Å². The van der Waals surface area contributed by atoms with Crippen molar-refractivity contribution in [3.8, 4) is 23.4 Å². The summed E-state index contributed by atoms with van der Waals surface area (Å²) in [4.78, 5) is 9.23. The summed E-state index contributed by atoms with van der Waals surface area (Å²) in [7, 11) is 0. The average molecular weight is 494 g/mol. The lowest BCUT2D eigenvalue weighted by Gasteiger charge is -2.17. The summed E-state index contributed by atoms with van der Waals surface area (Å²) >= 11 is 1.01. The van der Waals surface area contributed by atoms with Crippen LogP contribution in [0.2, 0.25) is 0 Å². The van der Waals surface area contributed by atoms with Gasteiger partial charge < -0.3 is 0 Å². The molecule has 0 saturated heterocycles. The first kappa shape index (κ1) is 22.8. The number of hydrogen-bond acceptors (Lipinski definition) is 7. The molecule has 1 aliphatic carbocycles. The molecule has 174 valence electrons. The van der Waals surface area contributed by atoms with Crippen LogP contribution in [0, 0.1) is 45.9 Å². The summed E-state index contributed by atoms with van der Waals surface area (Å²) in [5.74, 6) is -7.72. The van der Waals surface area contributed by atoms with Gasteiger partial charge in [-0.2, -0.15) is 19.3 Å². The first-order chi connectivity index (χ1) is 16.6. The van der Waals surface area contributed by atoms with Crippen LogP contribution in [-0.2, 0) is 0 Å². The molecule has 2 aromatic carbocycles. The van der Waals surface area contributed by atoms with Gasteiger partial charge in [0.1, 0.15) is 40.1 Å². The van der Waals surface area contributed by atoms with Crippen molar-refractivity contribution in [3.63, 3.8) is 0 Å². The van der Waals surface area contributed by atoms with E-state index in [-0.39, 0.29) is 23.2 Å². The Morgan fingerprint density at radius 2 is 1.14 bits per heavy atom. The van der Waals surface area contributed by atoms with E-state index in [0.717, 1.165) is 11.7 Å². The van der Waals surface area contributed by atoms with Crippen molar-refractivity contribution in [1.29, 1.82) is 10.5 Å². The summed E-state index contributed by atoms with van der Waals surface area (Å²) < 4.78 is 67.5. The van der Waals surface area contributed by atoms with Crippen LogP contribution < -0.4 is 0 Å². The van der Waals surface area contributed by atoms with Crippen molar-refractivity contribution in [2.24, 2.45) is 0 Å². The summed E-state index contributed by atoms with van der Waals surface area (Å²) in [5, 5.41) is 19.1. The van der Waals surface area contributed by atoms with E-state index in [2.05, 4.69) is 18.7 Å². The number of aromatic nitrogens is 4. The normalized spacial score (nSPS) is 12.4. The van der Waals surface area contributed by atoms with Crippen molar-refractivity contribution in [1.82, 2.24) is 18.7 Å². The van der Waals surface area contributed by atoms with E-state index < -0.39 is 45.5 Å². The van der Waals surface area contributed by atoms with Crippen molar-refractivity contribution >= 4 is 39.4 Å². The summed E-state index contributed by atoms with van der Waals surface area (Å²) in [6.45, 7) is 7.61. The van der Waals surface area contributed by atoms with Gasteiger partial charge in [-0.1, -0.05) is 27.7 Å². The lowest BCUT2D eigenvalue weighted by molar-refractivity contribution is 0.410. The largest absolute Gasteiger partial charge is 0.243 e. The highest BCUT2D eigenvalue weighted by Gasteiger charge is 2.40. The van der Waals surface area contributed by atoms with Crippen molar-refractivity contribution in [2.75, 3.05) is 0 Å². The van der Waals surface area contributed by atoms with E-state index in [1.807, 2.05) is 27.7 Å². The second-order valence-corrected chi connectivity index (χ2v) is 9.22. The zero-order valence-corrected chi connectivity index (χ0v) is 19.6. The molecule has 2 heterocycles. The fraction of sp³-hybridized carbons (Fsp3) is 0.250. The zero-order valence-electron chi connectivity index (χ0n) is 18.8. The Morgan fingerprint density at radius 3 is 1.60 bits per heavy atom. The minimum atomic E-state index is -2.05. The van der Waals surface area contributed by atoms with E-state index in [0.29, 0.717) is 33.2 Å². The van der Waals surface area contributed by atoms with Gasteiger partial charge in [-0.3, -0.25) is 0 Å². The van der Waals surface area contributed by atoms with Crippen molar-refractivity contribution in [2.45, 2.75) is 39.5 Å². The fourth-order valence-corrected chi connectivity index (χ4v) is 5.18. The highest BCUT2D eigenvalue weighted by molar-refractivity contribution is 7.00. The molecule has 1 aliphatic rings. The standard InChI is InChI=1S/C24H14F4N6S/c1-7(2)10-19-20(11(8(3)4)24-23(10)33-35-34-24)32-22-14-13(15(25)17(27)18(28)16(14)26)12(21(22)31-19)9(5-29)6-30/h7-8H,1-4H3. The van der Waals surface area contributed by atoms with E-state index in [1.54, 1.807) is 12.1 Å². The van der Waals surface area contributed by atoms with Gasteiger partial charge in [0.15, 0.2) is 23.3 Å². The molecule has 2 aromatic heterocycles. The van der Waals surface area contributed by atoms with Crippen LogP contribution in [0.3, 0.4) is 0 Å². The van der Waals surface area contributed by atoms with Crippen LogP contribution in [-0.4, -0.2) is 18.7 Å². The van der Waals surface area contributed by atoms with Crippen molar-refractivity contribution < 1.29 is 17.6 Å². The van der Waals surface area contributed by atoms with Gasteiger partial charge in [0.2, 0.25) is 0 Å². The number of nitrogens with zero attached hydrogens (tertiary/aromatic N) is 6. The monoisotopic (exact) mass is 494 g/mol. The Kier molecular flexibility index (Phi) is 5.08. The van der Waals surface area contributed by atoms with Gasteiger partial charge in [-0.15, -0.1) is 0 Å². The molecule has 4 aromatic rings. The molecule has 5 rings (SSSR count). The predicted octanol–water partition coefficient (Wildman–Crippen LogP) is 6.27. The minimum absolute atomic E-state index is 0.122. The number of benzene rings is 2. The SMILES string of the molecule is CC(C)c1c2nsnc2c(C(C)C)c2nc3c(nc12)C(=C(C#N)C#N)c1c(F)c(F)c(F)c(F)c1-3. The van der Waals surface area contributed by atoms with E-state index >= 15 is 8.78 Å².